The van der Waals surface area contributed by atoms with Gasteiger partial charge in [-0.05, 0) is 24.7 Å². The van der Waals surface area contributed by atoms with Gasteiger partial charge in [0, 0.05) is 0 Å². The topological polar surface area (TPSA) is 105 Å². The Bertz CT molecular complexity index is 477. The lowest BCUT2D eigenvalue weighted by Gasteiger charge is -2.10. The minimum Gasteiger partial charge on any atom is -0.481 e. The van der Waals surface area contributed by atoms with Crippen molar-refractivity contribution >= 4 is 24.0 Å². The number of hydrogen-bond donors (Lipinski definition) is 2. The maximum absolute atomic E-state index is 11.8. The zero-order chi connectivity index (χ0) is 12.7. The highest BCUT2D eigenvalue weighted by atomic mass is 32.2. The van der Waals surface area contributed by atoms with E-state index in [1.54, 1.807) is 0 Å². The van der Waals surface area contributed by atoms with Crippen LogP contribution in [0.4, 0.5) is 0 Å². The van der Waals surface area contributed by atoms with Crippen LogP contribution in [0.25, 0.3) is 0 Å². The van der Waals surface area contributed by atoms with Gasteiger partial charge in [0.2, 0.25) is 5.16 Å². The smallest absolute Gasteiger partial charge is 0.321 e. The summed E-state index contributed by atoms with van der Waals surface area (Å²) in [6.07, 6.45) is 2.84. The quantitative estimate of drug-likeness (QED) is 0.775. The van der Waals surface area contributed by atoms with Crippen molar-refractivity contribution in [3.63, 3.8) is 0 Å². The van der Waals surface area contributed by atoms with Crippen LogP contribution in [-0.2, 0) is 13.8 Å². The Kier molecular flexibility index (Phi) is 2.73. The zero-order valence-corrected chi connectivity index (χ0v) is 10.1. The van der Waals surface area contributed by atoms with E-state index in [1.165, 1.54) is 6.33 Å². The van der Waals surface area contributed by atoms with Crippen LogP contribution >= 0.6 is 12.0 Å². The standard InChI is InChI=1S/C10H11N3O4S/c14-8(15)7-4-1-2-5(6(4)7)9(16)17-18-10-11-3-12-13-10/h3-7H,1-2H2,(H,14,15)(H,11,12,13). The zero-order valence-electron chi connectivity index (χ0n) is 9.28. The lowest BCUT2D eigenvalue weighted by molar-refractivity contribution is -0.141. The second-order valence-electron chi connectivity index (χ2n) is 4.57. The van der Waals surface area contributed by atoms with Crippen molar-refractivity contribution in [3.8, 4) is 0 Å². The van der Waals surface area contributed by atoms with Gasteiger partial charge in [0.1, 0.15) is 18.4 Å². The molecule has 3 rings (SSSR count). The molecule has 0 aromatic carbocycles. The van der Waals surface area contributed by atoms with Gasteiger partial charge < -0.3 is 9.29 Å². The van der Waals surface area contributed by atoms with Gasteiger partial charge >= 0.3 is 11.9 Å². The molecule has 2 fully saturated rings. The molecule has 0 aliphatic heterocycles. The number of hydrogen-bond acceptors (Lipinski definition) is 6. The van der Waals surface area contributed by atoms with Crippen LogP contribution in [0.3, 0.4) is 0 Å². The van der Waals surface area contributed by atoms with E-state index in [-0.39, 0.29) is 29.6 Å². The lowest BCUT2D eigenvalue weighted by Crippen LogP contribution is -2.18. The summed E-state index contributed by atoms with van der Waals surface area (Å²) in [6.45, 7) is 0. The van der Waals surface area contributed by atoms with Gasteiger partial charge in [-0.15, -0.1) is 0 Å². The van der Waals surface area contributed by atoms with Crippen LogP contribution in [0.1, 0.15) is 12.8 Å². The summed E-state index contributed by atoms with van der Waals surface area (Å²) in [4.78, 5) is 26.6. The number of carboxylic acids is 1. The number of nitrogens with one attached hydrogen (secondary N) is 1. The molecule has 2 aliphatic carbocycles. The summed E-state index contributed by atoms with van der Waals surface area (Å²) in [6, 6.07) is 0. The number of nitrogens with zero attached hydrogens (tertiary/aromatic N) is 2. The van der Waals surface area contributed by atoms with Gasteiger partial charge in [0.05, 0.1) is 11.8 Å². The van der Waals surface area contributed by atoms with E-state index in [0.29, 0.717) is 5.16 Å². The number of carbonyl (C=O) groups is 2. The Morgan fingerprint density at radius 1 is 1.50 bits per heavy atom. The van der Waals surface area contributed by atoms with Gasteiger partial charge in [-0.1, -0.05) is 0 Å². The van der Waals surface area contributed by atoms with Gasteiger partial charge in [-0.2, -0.15) is 5.10 Å². The van der Waals surface area contributed by atoms with E-state index < -0.39 is 5.97 Å². The van der Waals surface area contributed by atoms with Crippen molar-refractivity contribution in [1.82, 2.24) is 15.2 Å². The summed E-state index contributed by atoms with van der Waals surface area (Å²) >= 11 is 0.826. The summed E-state index contributed by atoms with van der Waals surface area (Å²) in [7, 11) is 0. The molecule has 4 unspecified atom stereocenters. The van der Waals surface area contributed by atoms with Gasteiger partial charge in [0.25, 0.3) is 0 Å². The minimum absolute atomic E-state index is 0.0367. The number of carbonyl (C=O) groups excluding carboxylic acids is 1. The maximum Gasteiger partial charge on any atom is 0.321 e. The average Bonchev–Trinajstić information content (AvgIpc) is 2.75. The first-order chi connectivity index (χ1) is 8.68. The Balaban J connectivity index is 1.56. The van der Waals surface area contributed by atoms with Crippen LogP contribution in [0.2, 0.25) is 0 Å². The van der Waals surface area contributed by atoms with Gasteiger partial charge in [-0.25, -0.2) is 4.98 Å². The third kappa shape index (κ3) is 1.86. The fourth-order valence-corrected chi connectivity index (χ4v) is 3.35. The van der Waals surface area contributed by atoms with E-state index >= 15 is 0 Å². The number of fused-ring (bicyclic) bond motifs is 1. The van der Waals surface area contributed by atoms with E-state index in [2.05, 4.69) is 15.2 Å². The molecule has 7 nitrogen and oxygen atoms in total. The van der Waals surface area contributed by atoms with Crippen molar-refractivity contribution in [1.29, 1.82) is 0 Å². The van der Waals surface area contributed by atoms with E-state index in [1.807, 2.05) is 0 Å². The number of aliphatic carboxylic acids is 1. The maximum atomic E-state index is 11.8. The fraction of sp³-hybridized carbons (Fsp3) is 0.600. The number of aromatic amines is 1. The molecular formula is C10H11N3O4S. The lowest BCUT2D eigenvalue weighted by atomic mass is 10.0. The Hall–Kier alpha value is -1.57. The van der Waals surface area contributed by atoms with Crippen LogP contribution in [0.5, 0.6) is 0 Å². The van der Waals surface area contributed by atoms with E-state index in [9.17, 15) is 9.59 Å². The molecular weight excluding hydrogens is 258 g/mol. The molecule has 0 amide bonds. The first-order valence-electron chi connectivity index (χ1n) is 5.65. The van der Waals surface area contributed by atoms with Crippen molar-refractivity contribution in [2.75, 3.05) is 0 Å². The summed E-state index contributed by atoms with van der Waals surface area (Å²) in [5, 5.41) is 15.6. The molecule has 2 aliphatic rings. The largest absolute Gasteiger partial charge is 0.481 e. The number of rotatable bonds is 4. The third-order valence-electron chi connectivity index (χ3n) is 3.69. The molecule has 1 aromatic heterocycles. The first-order valence-corrected chi connectivity index (χ1v) is 6.39. The first kappa shape index (κ1) is 11.5. The molecule has 0 radical (unpaired) electrons. The van der Waals surface area contributed by atoms with E-state index in [0.717, 1.165) is 24.9 Å². The summed E-state index contributed by atoms with van der Waals surface area (Å²) in [5.41, 5.74) is 0. The fourth-order valence-electron chi connectivity index (χ4n) is 2.89. The molecule has 18 heavy (non-hydrogen) atoms. The normalized spacial score (nSPS) is 32.9. The molecule has 8 heteroatoms. The number of aromatic nitrogens is 3. The third-order valence-corrected chi connectivity index (χ3v) is 4.29. The van der Waals surface area contributed by atoms with Gasteiger partial charge in [0.15, 0.2) is 0 Å². The van der Waals surface area contributed by atoms with Crippen LogP contribution in [0.15, 0.2) is 11.5 Å². The van der Waals surface area contributed by atoms with Crippen molar-refractivity contribution in [2.45, 2.75) is 18.0 Å². The Morgan fingerprint density at radius 2 is 2.33 bits per heavy atom. The van der Waals surface area contributed by atoms with Crippen molar-refractivity contribution in [2.24, 2.45) is 23.7 Å². The highest BCUT2D eigenvalue weighted by Crippen LogP contribution is 2.60. The minimum atomic E-state index is -0.801. The number of carboxylic acid groups (broad SMARTS) is 1. The Morgan fingerprint density at radius 3 is 2.94 bits per heavy atom. The summed E-state index contributed by atoms with van der Waals surface area (Å²) < 4.78 is 5.05. The molecule has 0 spiro atoms. The van der Waals surface area contributed by atoms with Crippen molar-refractivity contribution < 1.29 is 18.9 Å². The molecule has 2 saturated carbocycles. The van der Waals surface area contributed by atoms with Crippen LogP contribution < -0.4 is 0 Å². The molecule has 2 N–H and O–H groups in total. The van der Waals surface area contributed by atoms with Crippen molar-refractivity contribution in [3.05, 3.63) is 6.33 Å². The highest BCUT2D eigenvalue weighted by Gasteiger charge is 2.63. The predicted octanol–water partition coefficient (Wildman–Crippen LogP) is 0.712. The van der Waals surface area contributed by atoms with E-state index in [4.69, 9.17) is 9.29 Å². The monoisotopic (exact) mass is 269 g/mol. The Labute approximate surface area is 107 Å². The molecule has 0 saturated heterocycles. The highest BCUT2D eigenvalue weighted by molar-refractivity contribution is 7.94. The molecule has 1 aromatic rings. The summed E-state index contributed by atoms with van der Waals surface area (Å²) in [5.74, 6) is -1.67. The molecule has 4 atom stereocenters. The second-order valence-corrected chi connectivity index (χ2v) is 5.29. The van der Waals surface area contributed by atoms with Crippen LogP contribution in [-0.4, -0.2) is 32.2 Å². The molecule has 96 valence electrons. The molecule has 0 bridgehead atoms. The van der Waals surface area contributed by atoms with Gasteiger partial charge in [-0.3, -0.25) is 14.7 Å². The van der Waals surface area contributed by atoms with Crippen LogP contribution in [0, 0.1) is 23.7 Å². The second kappa shape index (κ2) is 4.27. The number of H-pyrrole nitrogens is 1. The predicted molar refractivity (Wildman–Crippen MR) is 59.2 cm³/mol. The average molecular weight is 269 g/mol. The SMILES string of the molecule is O=C(OSc1ncn[nH]1)C1CCC2C(C(=O)O)C12. The molecule has 1 heterocycles.